The van der Waals surface area contributed by atoms with Crippen LogP contribution in [0.5, 0.6) is 0 Å². The topological polar surface area (TPSA) is 75.3 Å². The standard InChI is InChI=1S/C14H14Br2N2O3S2/c15-10-3-4-12(16)13(8-10)23(20,21)18-6-5-14(19)17-9-11-2-1-7-22-11/h1-4,7-8,18H,5-6,9H2,(H,17,19). The minimum absolute atomic E-state index is 0.0392. The number of halogens is 2. The lowest BCUT2D eigenvalue weighted by molar-refractivity contribution is -0.121. The number of rotatable bonds is 7. The van der Waals surface area contributed by atoms with Crippen molar-refractivity contribution in [1.29, 1.82) is 0 Å². The third-order valence-electron chi connectivity index (χ3n) is 2.87. The summed E-state index contributed by atoms with van der Waals surface area (Å²) >= 11 is 8.02. The van der Waals surface area contributed by atoms with Gasteiger partial charge in [-0.15, -0.1) is 11.3 Å². The number of hydrogen-bond acceptors (Lipinski definition) is 4. The van der Waals surface area contributed by atoms with Gasteiger partial charge < -0.3 is 5.32 Å². The van der Waals surface area contributed by atoms with E-state index in [9.17, 15) is 13.2 Å². The van der Waals surface area contributed by atoms with Gasteiger partial charge in [-0.25, -0.2) is 13.1 Å². The molecule has 0 bridgehead atoms. The smallest absolute Gasteiger partial charge is 0.241 e. The zero-order chi connectivity index (χ0) is 16.9. The van der Waals surface area contributed by atoms with Gasteiger partial charge in [-0.3, -0.25) is 4.79 Å². The van der Waals surface area contributed by atoms with Crippen LogP contribution in [-0.2, 0) is 21.4 Å². The summed E-state index contributed by atoms with van der Waals surface area (Å²) in [6, 6.07) is 8.73. The summed E-state index contributed by atoms with van der Waals surface area (Å²) in [5.74, 6) is -0.200. The van der Waals surface area contributed by atoms with Crippen molar-refractivity contribution in [2.75, 3.05) is 6.54 Å². The van der Waals surface area contributed by atoms with Gasteiger partial charge in [0, 0.05) is 26.8 Å². The molecular formula is C14H14Br2N2O3S2. The van der Waals surface area contributed by atoms with Gasteiger partial charge in [0.05, 0.1) is 11.4 Å². The van der Waals surface area contributed by atoms with E-state index in [2.05, 4.69) is 41.9 Å². The van der Waals surface area contributed by atoms with E-state index in [4.69, 9.17) is 0 Å². The first kappa shape index (κ1) is 18.6. The Bertz CT molecular complexity index is 777. The van der Waals surface area contributed by atoms with E-state index in [1.54, 1.807) is 23.5 Å². The van der Waals surface area contributed by atoms with Crippen molar-refractivity contribution in [3.63, 3.8) is 0 Å². The molecule has 124 valence electrons. The molecule has 1 aromatic carbocycles. The van der Waals surface area contributed by atoms with Gasteiger partial charge in [-0.05, 0) is 45.6 Å². The van der Waals surface area contributed by atoms with Gasteiger partial charge in [0.25, 0.3) is 0 Å². The molecule has 0 spiro atoms. The van der Waals surface area contributed by atoms with Crippen LogP contribution in [0.3, 0.4) is 0 Å². The Balaban J connectivity index is 1.85. The largest absolute Gasteiger partial charge is 0.351 e. The van der Waals surface area contributed by atoms with Crippen LogP contribution in [0.4, 0.5) is 0 Å². The molecule has 2 N–H and O–H groups in total. The Hall–Kier alpha value is -0.740. The average Bonchev–Trinajstić information content (AvgIpc) is 3.00. The highest BCUT2D eigenvalue weighted by Gasteiger charge is 2.18. The molecule has 0 atom stereocenters. The fraction of sp³-hybridized carbons (Fsp3) is 0.214. The molecule has 0 radical (unpaired) electrons. The second-order valence-electron chi connectivity index (χ2n) is 4.58. The minimum atomic E-state index is -3.67. The summed E-state index contributed by atoms with van der Waals surface area (Å²) in [4.78, 5) is 12.9. The Labute approximate surface area is 155 Å². The quantitative estimate of drug-likeness (QED) is 0.637. The lowest BCUT2D eigenvalue weighted by atomic mass is 10.4. The van der Waals surface area contributed by atoms with Gasteiger partial charge in [-0.2, -0.15) is 0 Å². The Morgan fingerprint density at radius 3 is 2.70 bits per heavy atom. The molecule has 1 amide bonds. The van der Waals surface area contributed by atoms with Crippen molar-refractivity contribution >= 4 is 59.1 Å². The third-order valence-corrected chi connectivity index (χ3v) is 6.69. The van der Waals surface area contributed by atoms with Crippen molar-refractivity contribution < 1.29 is 13.2 Å². The monoisotopic (exact) mass is 480 g/mol. The number of sulfonamides is 1. The zero-order valence-corrected chi connectivity index (χ0v) is 16.7. The zero-order valence-electron chi connectivity index (χ0n) is 11.9. The highest BCUT2D eigenvalue weighted by molar-refractivity contribution is 9.11. The first-order chi connectivity index (χ1) is 10.9. The van der Waals surface area contributed by atoms with Gasteiger partial charge in [0.15, 0.2) is 0 Å². The van der Waals surface area contributed by atoms with Crippen molar-refractivity contribution in [2.45, 2.75) is 17.9 Å². The minimum Gasteiger partial charge on any atom is -0.351 e. The number of nitrogens with one attached hydrogen (secondary N) is 2. The van der Waals surface area contributed by atoms with Gasteiger partial charge in [0.2, 0.25) is 15.9 Å². The summed E-state index contributed by atoms with van der Waals surface area (Å²) < 4.78 is 28.0. The summed E-state index contributed by atoms with van der Waals surface area (Å²) in [5.41, 5.74) is 0. The second-order valence-corrected chi connectivity index (χ2v) is 9.12. The summed E-state index contributed by atoms with van der Waals surface area (Å²) in [6.45, 7) is 0.498. The van der Waals surface area contributed by atoms with Crippen LogP contribution >= 0.6 is 43.2 Å². The molecule has 2 aromatic rings. The van der Waals surface area contributed by atoms with E-state index in [1.165, 1.54) is 6.07 Å². The van der Waals surface area contributed by atoms with Crippen LogP contribution < -0.4 is 10.0 Å². The van der Waals surface area contributed by atoms with Crippen LogP contribution in [0.1, 0.15) is 11.3 Å². The van der Waals surface area contributed by atoms with E-state index in [0.29, 0.717) is 15.5 Å². The van der Waals surface area contributed by atoms with Crippen molar-refractivity contribution in [3.05, 3.63) is 49.5 Å². The highest BCUT2D eigenvalue weighted by atomic mass is 79.9. The number of hydrogen-bond donors (Lipinski definition) is 2. The average molecular weight is 482 g/mol. The maximum Gasteiger partial charge on any atom is 0.241 e. The fourth-order valence-corrected chi connectivity index (χ4v) is 4.92. The fourth-order valence-electron chi connectivity index (χ4n) is 1.75. The highest BCUT2D eigenvalue weighted by Crippen LogP contribution is 2.25. The number of carbonyl (C=O) groups excluding carboxylic acids is 1. The maximum atomic E-state index is 12.2. The predicted molar refractivity (Wildman–Crippen MR) is 97.8 cm³/mol. The molecule has 2 rings (SSSR count). The van der Waals surface area contributed by atoms with E-state index in [-0.39, 0.29) is 23.8 Å². The van der Waals surface area contributed by atoms with E-state index in [1.807, 2.05) is 17.5 Å². The molecule has 23 heavy (non-hydrogen) atoms. The van der Waals surface area contributed by atoms with Crippen LogP contribution in [0.15, 0.2) is 49.6 Å². The maximum absolute atomic E-state index is 12.2. The molecule has 0 saturated carbocycles. The molecule has 0 aliphatic carbocycles. The lowest BCUT2D eigenvalue weighted by Crippen LogP contribution is -2.30. The van der Waals surface area contributed by atoms with Crippen LogP contribution in [0.25, 0.3) is 0 Å². The molecule has 9 heteroatoms. The van der Waals surface area contributed by atoms with Crippen LogP contribution in [0.2, 0.25) is 0 Å². The normalized spacial score (nSPS) is 11.4. The molecule has 1 aromatic heterocycles. The van der Waals surface area contributed by atoms with Crippen LogP contribution in [0, 0.1) is 0 Å². The number of benzene rings is 1. The third kappa shape index (κ3) is 5.68. The molecule has 0 aliphatic heterocycles. The lowest BCUT2D eigenvalue weighted by Gasteiger charge is -2.09. The van der Waals surface area contributed by atoms with E-state index in [0.717, 1.165) is 4.88 Å². The number of thiophene rings is 1. The van der Waals surface area contributed by atoms with Crippen LogP contribution in [-0.4, -0.2) is 20.9 Å². The SMILES string of the molecule is O=C(CCNS(=O)(=O)c1cc(Br)ccc1Br)NCc1cccs1. The van der Waals surface area contributed by atoms with Gasteiger partial charge in [0.1, 0.15) is 0 Å². The van der Waals surface area contributed by atoms with E-state index >= 15 is 0 Å². The summed E-state index contributed by atoms with van der Waals surface area (Å²) in [7, 11) is -3.67. The van der Waals surface area contributed by atoms with Gasteiger partial charge in [-0.1, -0.05) is 22.0 Å². The van der Waals surface area contributed by atoms with Crippen molar-refractivity contribution in [3.8, 4) is 0 Å². The summed E-state index contributed by atoms with van der Waals surface area (Å²) in [6.07, 6.45) is 0.0796. The van der Waals surface area contributed by atoms with E-state index < -0.39 is 10.0 Å². The van der Waals surface area contributed by atoms with Gasteiger partial charge >= 0.3 is 0 Å². The van der Waals surface area contributed by atoms with Crippen molar-refractivity contribution in [2.24, 2.45) is 0 Å². The molecular weight excluding hydrogens is 468 g/mol. The molecule has 5 nitrogen and oxygen atoms in total. The second kappa shape index (κ2) is 8.39. The molecule has 0 unspecified atom stereocenters. The Morgan fingerprint density at radius 2 is 2.00 bits per heavy atom. The molecule has 1 heterocycles. The number of amides is 1. The first-order valence-electron chi connectivity index (χ1n) is 6.62. The summed E-state index contributed by atoms with van der Waals surface area (Å²) in [5, 5.41) is 4.69. The molecule has 0 aliphatic rings. The molecule has 0 fully saturated rings. The first-order valence-corrected chi connectivity index (χ1v) is 10.6. The Morgan fingerprint density at radius 1 is 1.22 bits per heavy atom. The van der Waals surface area contributed by atoms with Crippen molar-refractivity contribution in [1.82, 2.24) is 10.0 Å². The molecule has 0 saturated heterocycles. The Kier molecular flexibility index (Phi) is 6.78. The number of carbonyl (C=O) groups is 1. The predicted octanol–water partition coefficient (Wildman–Crippen LogP) is 3.26.